The van der Waals surface area contributed by atoms with Crippen LogP contribution in [-0.2, 0) is 6.42 Å². The number of ether oxygens (including phenoxy) is 1. The maximum absolute atomic E-state index is 10.1. The summed E-state index contributed by atoms with van der Waals surface area (Å²) in [5.74, 6) is 0.455. The number of aliphatic hydroxyl groups excluding tert-OH is 1. The first-order chi connectivity index (χ1) is 8.31. The highest BCUT2D eigenvalue weighted by atomic mass is 16.5. The number of rotatable bonds is 4. The van der Waals surface area contributed by atoms with Gasteiger partial charge in [0.1, 0.15) is 0 Å². The molecule has 1 unspecified atom stereocenters. The lowest BCUT2D eigenvalue weighted by Crippen LogP contribution is -2.06. The molecule has 2 aromatic rings. The van der Waals surface area contributed by atoms with E-state index in [9.17, 15) is 5.11 Å². The van der Waals surface area contributed by atoms with Gasteiger partial charge in [-0.25, -0.2) is 4.98 Å². The Hall–Kier alpha value is -1.94. The topological polar surface area (TPSA) is 55.2 Å². The first kappa shape index (κ1) is 11.5. The minimum absolute atomic E-state index is 0.447. The summed E-state index contributed by atoms with van der Waals surface area (Å²) in [6, 6.07) is 9.21. The van der Waals surface area contributed by atoms with Gasteiger partial charge in [-0.2, -0.15) is 0 Å². The molecule has 0 aliphatic carbocycles. The highest BCUT2D eigenvalue weighted by Crippen LogP contribution is 2.24. The summed E-state index contributed by atoms with van der Waals surface area (Å²) in [5.41, 5.74) is 1.52. The Morgan fingerprint density at radius 1 is 1.18 bits per heavy atom. The number of hydrogen-bond donors (Lipinski definition) is 1. The minimum atomic E-state index is -0.659. The molecule has 0 radical (unpaired) electrons. The standard InChI is InChI=1S/C13H14N2O2/c1-17-13-11(6-4-8-15-13)12(16)9-10-5-2-3-7-14-10/h2-8,12,16H,9H2,1H3. The van der Waals surface area contributed by atoms with Crippen LogP contribution < -0.4 is 4.74 Å². The fourth-order valence-electron chi connectivity index (χ4n) is 1.65. The first-order valence-electron chi connectivity index (χ1n) is 5.38. The third-order valence-corrected chi connectivity index (χ3v) is 2.48. The van der Waals surface area contributed by atoms with Crippen LogP contribution in [0.4, 0.5) is 0 Å². The van der Waals surface area contributed by atoms with Crippen LogP contribution in [0.1, 0.15) is 17.4 Å². The Kier molecular flexibility index (Phi) is 3.67. The van der Waals surface area contributed by atoms with E-state index in [4.69, 9.17) is 4.74 Å². The fourth-order valence-corrected chi connectivity index (χ4v) is 1.65. The van der Waals surface area contributed by atoms with E-state index in [-0.39, 0.29) is 0 Å². The summed E-state index contributed by atoms with van der Waals surface area (Å²) in [4.78, 5) is 8.24. The SMILES string of the molecule is COc1ncccc1C(O)Cc1ccccn1. The van der Waals surface area contributed by atoms with Crippen LogP contribution in [0.25, 0.3) is 0 Å². The lowest BCUT2D eigenvalue weighted by molar-refractivity contribution is 0.171. The molecule has 4 heteroatoms. The van der Waals surface area contributed by atoms with Crippen molar-refractivity contribution in [2.24, 2.45) is 0 Å². The number of pyridine rings is 2. The maximum atomic E-state index is 10.1. The van der Waals surface area contributed by atoms with Crippen LogP contribution in [-0.4, -0.2) is 22.2 Å². The molecule has 0 spiro atoms. The second kappa shape index (κ2) is 5.41. The van der Waals surface area contributed by atoms with Crippen molar-refractivity contribution in [3.05, 3.63) is 54.0 Å². The minimum Gasteiger partial charge on any atom is -0.481 e. The zero-order chi connectivity index (χ0) is 12.1. The van der Waals surface area contributed by atoms with Crippen molar-refractivity contribution in [2.75, 3.05) is 7.11 Å². The fraction of sp³-hybridized carbons (Fsp3) is 0.231. The van der Waals surface area contributed by atoms with E-state index < -0.39 is 6.10 Å². The molecule has 88 valence electrons. The number of nitrogens with zero attached hydrogens (tertiary/aromatic N) is 2. The summed E-state index contributed by atoms with van der Waals surface area (Å²) < 4.78 is 5.11. The van der Waals surface area contributed by atoms with E-state index in [0.717, 1.165) is 5.69 Å². The van der Waals surface area contributed by atoms with Crippen molar-refractivity contribution in [1.29, 1.82) is 0 Å². The van der Waals surface area contributed by atoms with Crippen molar-refractivity contribution in [3.8, 4) is 5.88 Å². The highest BCUT2D eigenvalue weighted by Gasteiger charge is 2.14. The number of methoxy groups -OCH3 is 1. The molecule has 2 rings (SSSR count). The van der Waals surface area contributed by atoms with Crippen molar-refractivity contribution >= 4 is 0 Å². The average Bonchev–Trinajstić information content (AvgIpc) is 2.40. The molecule has 0 aliphatic rings. The van der Waals surface area contributed by atoms with Gasteiger partial charge in [-0.1, -0.05) is 6.07 Å². The van der Waals surface area contributed by atoms with Crippen molar-refractivity contribution in [2.45, 2.75) is 12.5 Å². The van der Waals surface area contributed by atoms with Gasteiger partial charge in [-0.15, -0.1) is 0 Å². The Labute approximate surface area is 99.9 Å². The largest absolute Gasteiger partial charge is 0.481 e. The smallest absolute Gasteiger partial charge is 0.218 e. The van der Waals surface area contributed by atoms with Gasteiger partial charge in [0, 0.05) is 30.1 Å². The molecule has 2 aromatic heterocycles. The van der Waals surface area contributed by atoms with E-state index >= 15 is 0 Å². The van der Waals surface area contributed by atoms with Crippen molar-refractivity contribution in [1.82, 2.24) is 9.97 Å². The van der Waals surface area contributed by atoms with Crippen LogP contribution in [0.2, 0.25) is 0 Å². The maximum Gasteiger partial charge on any atom is 0.218 e. The van der Waals surface area contributed by atoms with Gasteiger partial charge in [-0.05, 0) is 24.3 Å². The van der Waals surface area contributed by atoms with Gasteiger partial charge < -0.3 is 9.84 Å². The molecule has 0 aliphatic heterocycles. The van der Waals surface area contributed by atoms with E-state index in [0.29, 0.717) is 17.9 Å². The monoisotopic (exact) mass is 230 g/mol. The summed E-state index contributed by atoms with van der Waals surface area (Å²) in [6.45, 7) is 0. The molecular formula is C13H14N2O2. The van der Waals surface area contributed by atoms with Crippen LogP contribution in [0.5, 0.6) is 5.88 Å². The predicted octanol–water partition coefficient (Wildman–Crippen LogP) is 1.76. The Bertz CT molecular complexity index is 474. The van der Waals surface area contributed by atoms with E-state index in [1.54, 1.807) is 31.6 Å². The molecule has 1 atom stereocenters. The third kappa shape index (κ3) is 2.79. The normalized spacial score (nSPS) is 12.1. The van der Waals surface area contributed by atoms with Crippen LogP contribution in [0.15, 0.2) is 42.7 Å². The average molecular weight is 230 g/mol. The zero-order valence-electron chi connectivity index (χ0n) is 9.58. The van der Waals surface area contributed by atoms with Crippen LogP contribution >= 0.6 is 0 Å². The summed E-state index contributed by atoms with van der Waals surface area (Å²) >= 11 is 0. The number of aliphatic hydroxyl groups is 1. The first-order valence-corrected chi connectivity index (χ1v) is 5.38. The van der Waals surface area contributed by atoms with Gasteiger partial charge in [0.05, 0.1) is 13.2 Å². The van der Waals surface area contributed by atoms with Crippen LogP contribution in [0, 0.1) is 0 Å². The van der Waals surface area contributed by atoms with Gasteiger partial charge in [0.2, 0.25) is 5.88 Å². The quantitative estimate of drug-likeness (QED) is 0.869. The number of aromatic nitrogens is 2. The molecule has 0 aromatic carbocycles. The second-order valence-electron chi connectivity index (χ2n) is 3.64. The molecule has 1 N–H and O–H groups in total. The second-order valence-corrected chi connectivity index (χ2v) is 3.64. The van der Waals surface area contributed by atoms with Gasteiger partial charge in [-0.3, -0.25) is 4.98 Å². The molecule has 0 saturated heterocycles. The molecule has 17 heavy (non-hydrogen) atoms. The predicted molar refractivity (Wildman–Crippen MR) is 63.7 cm³/mol. The Balaban J connectivity index is 2.17. The lowest BCUT2D eigenvalue weighted by Gasteiger charge is -2.13. The molecule has 0 saturated carbocycles. The van der Waals surface area contributed by atoms with Crippen molar-refractivity contribution in [3.63, 3.8) is 0 Å². The molecule has 0 fully saturated rings. The molecule has 4 nitrogen and oxygen atoms in total. The highest BCUT2D eigenvalue weighted by molar-refractivity contribution is 5.28. The summed E-state index contributed by atoms with van der Waals surface area (Å²) in [6.07, 6.45) is 3.13. The van der Waals surface area contributed by atoms with E-state index in [1.165, 1.54) is 0 Å². The molecule has 0 amide bonds. The lowest BCUT2D eigenvalue weighted by atomic mass is 10.1. The third-order valence-electron chi connectivity index (χ3n) is 2.48. The molecule has 0 bridgehead atoms. The molecular weight excluding hydrogens is 216 g/mol. The Morgan fingerprint density at radius 2 is 2.00 bits per heavy atom. The zero-order valence-corrected chi connectivity index (χ0v) is 9.58. The van der Waals surface area contributed by atoms with E-state index in [2.05, 4.69) is 9.97 Å². The Morgan fingerprint density at radius 3 is 2.71 bits per heavy atom. The van der Waals surface area contributed by atoms with Crippen molar-refractivity contribution < 1.29 is 9.84 Å². The van der Waals surface area contributed by atoms with Gasteiger partial charge in [0.15, 0.2) is 0 Å². The van der Waals surface area contributed by atoms with Gasteiger partial charge in [0.25, 0.3) is 0 Å². The number of hydrogen-bond acceptors (Lipinski definition) is 4. The van der Waals surface area contributed by atoms with E-state index in [1.807, 2.05) is 18.2 Å². The molecule has 2 heterocycles. The van der Waals surface area contributed by atoms with Crippen LogP contribution in [0.3, 0.4) is 0 Å². The summed E-state index contributed by atoms with van der Waals surface area (Å²) in [7, 11) is 1.54. The summed E-state index contributed by atoms with van der Waals surface area (Å²) in [5, 5.41) is 10.1. The van der Waals surface area contributed by atoms with Gasteiger partial charge >= 0.3 is 0 Å².